The summed E-state index contributed by atoms with van der Waals surface area (Å²) in [6.07, 6.45) is 3.40. The molecule has 1 aliphatic carbocycles. The second-order valence-electron chi connectivity index (χ2n) is 4.82. The van der Waals surface area contributed by atoms with Gasteiger partial charge in [-0.25, -0.2) is 4.68 Å². The Bertz CT molecular complexity index is 621. The van der Waals surface area contributed by atoms with Crippen molar-refractivity contribution in [3.63, 3.8) is 0 Å². The topological polar surface area (TPSA) is 88.1 Å². The van der Waals surface area contributed by atoms with Crippen LogP contribution in [0.2, 0.25) is 0 Å². The van der Waals surface area contributed by atoms with Crippen LogP contribution in [0.1, 0.15) is 25.3 Å². The van der Waals surface area contributed by atoms with Crippen molar-refractivity contribution in [2.45, 2.75) is 25.3 Å². The van der Waals surface area contributed by atoms with Crippen molar-refractivity contribution in [3.05, 3.63) is 12.1 Å². The molecular weight excluding hydrogens is 258 g/mol. The average molecular weight is 275 g/mol. The van der Waals surface area contributed by atoms with Crippen LogP contribution >= 0.6 is 0 Å². The maximum Gasteiger partial charge on any atom is 0.184 e. The number of aromatic nitrogens is 4. The van der Waals surface area contributed by atoms with E-state index in [1.807, 2.05) is 10.7 Å². The van der Waals surface area contributed by atoms with Gasteiger partial charge in [-0.3, -0.25) is 0 Å². The zero-order valence-electron chi connectivity index (χ0n) is 11.5. The Labute approximate surface area is 116 Å². The molecule has 0 atom stereocenters. The van der Waals surface area contributed by atoms with E-state index in [2.05, 4.69) is 15.5 Å². The van der Waals surface area contributed by atoms with Crippen LogP contribution in [0.5, 0.6) is 11.5 Å². The number of benzene rings is 1. The predicted molar refractivity (Wildman–Crippen MR) is 73.7 cm³/mol. The summed E-state index contributed by atoms with van der Waals surface area (Å²) in [5, 5.41) is 12.0. The Balaban J connectivity index is 2.11. The summed E-state index contributed by atoms with van der Waals surface area (Å²) in [6, 6.07) is 3.94. The number of methoxy groups -OCH3 is 2. The van der Waals surface area contributed by atoms with Gasteiger partial charge < -0.3 is 15.2 Å². The Kier molecular flexibility index (Phi) is 3.17. The fraction of sp³-hybridized carbons (Fsp3) is 0.462. The van der Waals surface area contributed by atoms with Crippen molar-refractivity contribution >= 4 is 5.69 Å². The molecule has 1 aromatic carbocycles. The maximum atomic E-state index is 6.15. The highest BCUT2D eigenvalue weighted by Gasteiger charge is 2.26. The van der Waals surface area contributed by atoms with Gasteiger partial charge in [0.05, 0.1) is 31.5 Å². The van der Waals surface area contributed by atoms with Crippen LogP contribution in [0.15, 0.2) is 12.1 Å². The third-order valence-electron chi connectivity index (χ3n) is 3.73. The molecule has 7 heteroatoms. The highest BCUT2D eigenvalue weighted by atomic mass is 16.5. The number of nitrogens with zero attached hydrogens (tertiary/aromatic N) is 4. The van der Waals surface area contributed by atoms with E-state index >= 15 is 0 Å². The second kappa shape index (κ2) is 4.99. The van der Waals surface area contributed by atoms with Crippen LogP contribution in [0.25, 0.3) is 11.4 Å². The zero-order valence-corrected chi connectivity index (χ0v) is 11.5. The first-order valence-corrected chi connectivity index (χ1v) is 6.54. The van der Waals surface area contributed by atoms with Crippen LogP contribution in [0, 0.1) is 0 Å². The molecule has 0 amide bonds. The van der Waals surface area contributed by atoms with Crippen LogP contribution in [-0.4, -0.2) is 34.4 Å². The van der Waals surface area contributed by atoms with E-state index in [0.29, 0.717) is 29.1 Å². The number of hydrogen-bond donors (Lipinski definition) is 1. The molecule has 0 radical (unpaired) electrons. The minimum Gasteiger partial charge on any atom is -0.497 e. The van der Waals surface area contributed by atoms with Gasteiger partial charge in [0, 0.05) is 6.07 Å². The van der Waals surface area contributed by atoms with Gasteiger partial charge in [0.2, 0.25) is 0 Å². The molecule has 1 aliphatic rings. The van der Waals surface area contributed by atoms with Gasteiger partial charge in [-0.2, -0.15) is 0 Å². The lowest BCUT2D eigenvalue weighted by Crippen LogP contribution is -2.19. The summed E-state index contributed by atoms with van der Waals surface area (Å²) >= 11 is 0. The fourth-order valence-corrected chi connectivity index (χ4v) is 2.32. The molecule has 0 unspecified atom stereocenters. The Morgan fingerprint density at radius 3 is 2.65 bits per heavy atom. The fourth-order valence-electron chi connectivity index (χ4n) is 2.32. The molecule has 0 bridgehead atoms. The van der Waals surface area contributed by atoms with Gasteiger partial charge in [-0.1, -0.05) is 0 Å². The molecule has 0 aliphatic heterocycles. The molecule has 106 valence electrons. The van der Waals surface area contributed by atoms with E-state index in [0.717, 1.165) is 18.4 Å². The third kappa shape index (κ3) is 1.95. The quantitative estimate of drug-likeness (QED) is 0.854. The number of rotatable bonds is 4. The normalized spacial score (nSPS) is 14.9. The number of anilines is 1. The lowest BCUT2D eigenvalue weighted by molar-refractivity contribution is 0.287. The SMILES string of the molecule is COc1cc(OC)c(N)c(-c2nnnn2C2CCC2)c1. The summed E-state index contributed by atoms with van der Waals surface area (Å²) < 4.78 is 12.4. The number of tetrazole rings is 1. The number of ether oxygens (including phenoxy) is 2. The van der Waals surface area contributed by atoms with Crippen LogP contribution in [0.3, 0.4) is 0 Å². The number of hydrogen-bond acceptors (Lipinski definition) is 6. The van der Waals surface area contributed by atoms with Crippen LogP contribution in [0.4, 0.5) is 5.69 Å². The first-order chi connectivity index (χ1) is 9.74. The van der Waals surface area contributed by atoms with Gasteiger partial charge in [-0.05, 0) is 35.8 Å². The van der Waals surface area contributed by atoms with E-state index in [1.54, 1.807) is 20.3 Å². The smallest absolute Gasteiger partial charge is 0.184 e. The minimum atomic E-state index is 0.358. The Morgan fingerprint density at radius 1 is 1.25 bits per heavy atom. The summed E-state index contributed by atoms with van der Waals surface area (Å²) in [5.74, 6) is 1.88. The van der Waals surface area contributed by atoms with Gasteiger partial charge in [0.1, 0.15) is 11.5 Å². The Morgan fingerprint density at radius 2 is 2.05 bits per heavy atom. The highest BCUT2D eigenvalue weighted by molar-refractivity contribution is 5.78. The van der Waals surface area contributed by atoms with Crippen LogP contribution < -0.4 is 15.2 Å². The van der Waals surface area contributed by atoms with Crippen molar-refractivity contribution in [1.29, 1.82) is 0 Å². The van der Waals surface area contributed by atoms with Gasteiger partial charge in [-0.15, -0.1) is 5.10 Å². The summed E-state index contributed by atoms with van der Waals surface area (Å²) in [6.45, 7) is 0. The molecule has 2 aromatic rings. The molecule has 7 nitrogen and oxygen atoms in total. The number of nitrogens with two attached hydrogens (primary N) is 1. The first-order valence-electron chi connectivity index (χ1n) is 6.54. The lowest BCUT2D eigenvalue weighted by Gasteiger charge is -2.26. The monoisotopic (exact) mass is 275 g/mol. The van der Waals surface area contributed by atoms with Gasteiger partial charge >= 0.3 is 0 Å². The molecular formula is C13H17N5O2. The molecule has 1 heterocycles. The summed E-state index contributed by atoms with van der Waals surface area (Å²) in [5.41, 5.74) is 7.40. The van der Waals surface area contributed by atoms with E-state index in [1.165, 1.54) is 6.42 Å². The van der Waals surface area contributed by atoms with Crippen molar-refractivity contribution < 1.29 is 9.47 Å². The third-order valence-corrected chi connectivity index (χ3v) is 3.73. The maximum absolute atomic E-state index is 6.15. The largest absolute Gasteiger partial charge is 0.497 e. The highest BCUT2D eigenvalue weighted by Crippen LogP contribution is 2.39. The van der Waals surface area contributed by atoms with Crippen molar-refractivity contribution in [2.24, 2.45) is 0 Å². The molecule has 1 fully saturated rings. The molecule has 0 spiro atoms. The molecule has 20 heavy (non-hydrogen) atoms. The second-order valence-corrected chi connectivity index (χ2v) is 4.82. The van der Waals surface area contributed by atoms with E-state index in [-0.39, 0.29) is 0 Å². The van der Waals surface area contributed by atoms with E-state index in [4.69, 9.17) is 15.2 Å². The van der Waals surface area contributed by atoms with Crippen LogP contribution in [-0.2, 0) is 0 Å². The van der Waals surface area contributed by atoms with Crippen molar-refractivity contribution in [3.8, 4) is 22.9 Å². The average Bonchev–Trinajstić information content (AvgIpc) is 2.86. The molecule has 1 aromatic heterocycles. The molecule has 1 saturated carbocycles. The van der Waals surface area contributed by atoms with E-state index in [9.17, 15) is 0 Å². The number of nitrogen functional groups attached to an aromatic ring is 1. The Hall–Kier alpha value is -2.31. The standard InChI is InChI=1S/C13H17N5O2/c1-19-9-6-10(12(14)11(7-9)20-2)13-15-16-17-18(13)8-4-3-5-8/h6-8H,3-5,14H2,1-2H3. The van der Waals surface area contributed by atoms with Crippen molar-refractivity contribution in [1.82, 2.24) is 20.2 Å². The predicted octanol–water partition coefficient (Wildman–Crippen LogP) is 1.66. The summed E-state index contributed by atoms with van der Waals surface area (Å²) in [7, 11) is 3.17. The van der Waals surface area contributed by atoms with Gasteiger partial charge in [0.15, 0.2) is 5.82 Å². The first kappa shape index (κ1) is 12.7. The molecule has 0 saturated heterocycles. The summed E-state index contributed by atoms with van der Waals surface area (Å²) in [4.78, 5) is 0. The van der Waals surface area contributed by atoms with E-state index < -0.39 is 0 Å². The molecule has 3 rings (SSSR count). The van der Waals surface area contributed by atoms with Gasteiger partial charge in [0.25, 0.3) is 0 Å². The zero-order chi connectivity index (χ0) is 14.1. The lowest BCUT2D eigenvalue weighted by atomic mass is 9.93. The van der Waals surface area contributed by atoms with Crippen molar-refractivity contribution in [2.75, 3.05) is 20.0 Å². The molecule has 2 N–H and O–H groups in total. The minimum absolute atomic E-state index is 0.358.